The standard InChI is InChI=1S/C17H22BrN3/c1-2-19-12-13-6-3-4-11-21(13)17-15-7-5-8-16(18)14(15)9-10-20-17/h5,7-10,13,19H,2-4,6,11-12H2,1H3. The van der Waals surface area contributed by atoms with E-state index in [9.17, 15) is 0 Å². The molecule has 0 spiro atoms. The lowest BCUT2D eigenvalue weighted by molar-refractivity contribution is 0.437. The molecular formula is C17H22BrN3. The van der Waals surface area contributed by atoms with Gasteiger partial charge < -0.3 is 10.2 Å². The number of halogens is 1. The van der Waals surface area contributed by atoms with Crippen molar-refractivity contribution in [3.63, 3.8) is 0 Å². The van der Waals surface area contributed by atoms with E-state index in [1.54, 1.807) is 0 Å². The number of likely N-dealkylation sites (N-methyl/N-ethyl adjacent to an activating group) is 1. The van der Waals surface area contributed by atoms with Crippen LogP contribution in [-0.4, -0.2) is 30.7 Å². The van der Waals surface area contributed by atoms with Gasteiger partial charge in [-0.3, -0.25) is 0 Å². The second kappa shape index (κ2) is 6.75. The van der Waals surface area contributed by atoms with Crippen molar-refractivity contribution in [2.24, 2.45) is 0 Å². The molecule has 1 aromatic carbocycles. The van der Waals surface area contributed by atoms with Crippen molar-refractivity contribution in [1.82, 2.24) is 10.3 Å². The van der Waals surface area contributed by atoms with Crippen LogP contribution >= 0.6 is 15.9 Å². The summed E-state index contributed by atoms with van der Waals surface area (Å²) in [5.74, 6) is 1.14. The fraction of sp³-hybridized carbons (Fsp3) is 0.471. The zero-order valence-electron chi connectivity index (χ0n) is 12.5. The summed E-state index contributed by atoms with van der Waals surface area (Å²) in [6.07, 6.45) is 5.76. The third-order valence-corrected chi connectivity index (χ3v) is 4.95. The van der Waals surface area contributed by atoms with Gasteiger partial charge >= 0.3 is 0 Å². The molecule has 2 heterocycles. The molecule has 1 saturated heterocycles. The number of anilines is 1. The highest BCUT2D eigenvalue weighted by atomic mass is 79.9. The topological polar surface area (TPSA) is 28.2 Å². The van der Waals surface area contributed by atoms with Crippen LogP contribution in [0, 0.1) is 0 Å². The van der Waals surface area contributed by atoms with E-state index in [0.717, 1.165) is 29.9 Å². The number of nitrogens with one attached hydrogen (secondary N) is 1. The molecule has 112 valence electrons. The number of nitrogens with zero attached hydrogens (tertiary/aromatic N) is 2. The fourth-order valence-electron chi connectivity index (χ4n) is 3.18. The van der Waals surface area contributed by atoms with Crippen molar-refractivity contribution in [1.29, 1.82) is 0 Å². The smallest absolute Gasteiger partial charge is 0.136 e. The van der Waals surface area contributed by atoms with Gasteiger partial charge in [0.2, 0.25) is 0 Å². The van der Waals surface area contributed by atoms with Gasteiger partial charge in [-0.15, -0.1) is 0 Å². The Bertz CT molecular complexity index is 614. The molecule has 2 aromatic rings. The van der Waals surface area contributed by atoms with Crippen LogP contribution in [0.15, 0.2) is 34.9 Å². The molecule has 4 heteroatoms. The molecule has 1 atom stereocenters. The molecule has 0 aliphatic carbocycles. The Morgan fingerprint density at radius 2 is 2.19 bits per heavy atom. The van der Waals surface area contributed by atoms with Crippen molar-refractivity contribution in [2.75, 3.05) is 24.5 Å². The second-order valence-electron chi connectivity index (χ2n) is 5.62. The van der Waals surface area contributed by atoms with Gasteiger partial charge in [-0.05, 0) is 37.9 Å². The first-order valence-corrected chi connectivity index (χ1v) is 8.61. The predicted molar refractivity (Wildman–Crippen MR) is 93.0 cm³/mol. The van der Waals surface area contributed by atoms with Gasteiger partial charge in [0.05, 0.1) is 0 Å². The molecule has 0 radical (unpaired) electrons. The molecule has 1 aromatic heterocycles. The maximum Gasteiger partial charge on any atom is 0.136 e. The highest BCUT2D eigenvalue weighted by Gasteiger charge is 2.24. The maximum absolute atomic E-state index is 4.71. The number of aromatic nitrogens is 1. The first kappa shape index (κ1) is 14.8. The summed E-state index contributed by atoms with van der Waals surface area (Å²) >= 11 is 3.65. The Morgan fingerprint density at radius 3 is 3.05 bits per heavy atom. The van der Waals surface area contributed by atoms with Crippen molar-refractivity contribution < 1.29 is 0 Å². The van der Waals surface area contributed by atoms with Crippen LogP contribution in [-0.2, 0) is 0 Å². The lowest BCUT2D eigenvalue weighted by Gasteiger charge is -2.37. The molecule has 1 aliphatic rings. The summed E-state index contributed by atoms with van der Waals surface area (Å²) in [6.45, 7) is 5.34. The van der Waals surface area contributed by atoms with Crippen LogP contribution in [0.25, 0.3) is 10.8 Å². The van der Waals surface area contributed by atoms with E-state index in [0.29, 0.717) is 6.04 Å². The highest BCUT2D eigenvalue weighted by molar-refractivity contribution is 9.10. The predicted octanol–water partition coefficient (Wildman–Crippen LogP) is 3.97. The van der Waals surface area contributed by atoms with Crippen molar-refractivity contribution in [2.45, 2.75) is 32.2 Å². The van der Waals surface area contributed by atoms with Crippen LogP contribution in [0.4, 0.5) is 5.82 Å². The van der Waals surface area contributed by atoms with Gasteiger partial charge in [-0.2, -0.15) is 0 Å². The van der Waals surface area contributed by atoms with Crippen LogP contribution < -0.4 is 10.2 Å². The molecule has 21 heavy (non-hydrogen) atoms. The molecule has 1 N–H and O–H groups in total. The molecule has 1 unspecified atom stereocenters. The zero-order valence-corrected chi connectivity index (χ0v) is 14.1. The zero-order chi connectivity index (χ0) is 14.7. The molecule has 0 saturated carbocycles. The Balaban J connectivity index is 1.99. The lowest BCUT2D eigenvalue weighted by Crippen LogP contribution is -2.46. The van der Waals surface area contributed by atoms with Crippen LogP contribution in [0.2, 0.25) is 0 Å². The number of benzene rings is 1. The maximum atomic E-state index is 4.71. The largest absolute Gasteiger partial charge is 0.352 e. The summed E-state index contributed by atoms with van der Waals surface area (Å²) in [4.78, 5) is 7.21. The Kier molecular flexibility index (Phi) is 4.76. The molecular weight excluding hydrogens is 326 g/mol. The normalized spacial score (nSPS) is 19.1. The minimum Gasteiger partial charge on any atom is -0.352 e. The Hall–Kier alpha value is -1.13. The summed E-state index contributed by atoms with van der Waals surface area (Å²) in [5.41, 5.74) is 0. The van der Waals surface area contributed by atoms with Gasteiger partial charge in [0, 0.05) is 40.6 Å². The Labute approximate surface area is 134 Å². The average molecular weight is 348 g/mol. The van der Waals surface area contributed by atoms with E-state index in [1.165, 1.54) is 30.0 Å². The quantitative estimate of drug-likeness (QED) is 0.906. The number of piperidine rings is 1. The molecule has 1 aliphatic heterocycles. The van der Waals surface area contributed by atoms with Crippen molar-refractivity contribution in [3.8, 4) is 0 Å². The number of rotatable bonds is 4. The summed E-state index contributed by atoms with van der Waals surface area (Å²) < 4.78 is 1.14. The van der Waals surface area contributed by atoms with Crippen molar-refractivity contribution in [3.05, 3.63) is 34.9 Å². The van der Waals surface area contributed by atoms with Gasteiger partial charge in [-0.1, -0.05) is 35.0 Å². The van der Waals surface area contributed by atoms with Crippen LogP contribution in [0.3, 0.4) is 0 Å². The van der Waals surface area contributed by atoms with Crippen molar-refractivity contribution >= 4 is 32.5 Å². The lowest BCUT2D eigenvalue weighted by atomic mass is 10.0. The third kappa shape index (κ3) is 3.06. The molecule has 3 rings (SSSR count). The highest BCUT2D eigenvalue weighted by Crippen LogP contribution is 2.32. The number of hydrogen-bond donors (Lipinski definition) is 1. The van der Waals surface area contributed by atoms with E-state index in [2.05, 4.69) is 57.3 Å². The van der Waals surface area contributed by atoms with Gasteiger partial charge in [0.1, 0.15) is 5.82 Å². The summed E-state index contributed by atoms with van der Waals surface area (Å²) in [6, 6.07) is 9.02. The van der Waals surface area contributed by atoms with Gasteiger partial charge in [-0.25, -0.2) is 4.98 Å². The average Bonchev–Trinajstić information content (AvgIpc) is 2.53. The minimum atomic E-state index is 0.552. The van der Waals surface area contributed by atoms with E-state index in [1.807, 2.05) is 6.20 Å². The number of pyridine rings is 1. The molecule has 1 fully saturated rings. The number of hydrogen-bond acceptors (Lipinski definition) is 3. The second-order valence-corrected chi connectivity index (χ2v) is 6.47. The van der Waals surface area contributed by atoms with Gasteiger partial charge in [0.15, 0.2) is 0 Å². The first-order valence-electron chi connectivity index (χ1n) is 7.82. The number of fused-ring (bicyclic) bond motifs is 1. The molecule has 0 amide bonds. The summed E-state index contributed by atoms with van der Waals surface area (Å²) in [5, 5.41) is 5.99. The molecule has 0 bridgehead atoms. The van der Waals surface area contributed by atoms with Crippen LogP contribution in [0.1, 0.15) is 26.2 Å². The Morgan fingerprint density at radius 1 is 1.29 bits per heavy atom. The van der Waals surface area contributed by atoms with E-state index in [4.69, 9.17) is 4.98 Å². The van der Waals surface area contributed by atoms with Gasteiger partial charge in [0.25, 0.3) is 0 Å². The summed E-state index contributed by atoms with van der Waals surface area (Å²) in [7, 11) is 0. The SMILES string of the molecule is CCNCC1CCCCN1c1nccc2c(Br)cccc12. The first-order chi connectivity index (χ1) is 10.3. The fourth-order valence-corrected chi connectivity index (χ4v) is 3.68. The van der Waals surface area contributed by atoms with E-state index < -0.39 is 0 Å². The monoisotopic (exact) mass is 347 g/mol. The van der Waals surface area contributed by atoms with Crippen LogP contribution in [0.5, 0.6) is 0 Å². The van der Waals surface area contributed by atoms with E-state index >= 15 is 0 Å². The third-order valence-electron chi connectivity index (χ3n) is 4.26. The van der Waals surface area contributed by atoms with E-state index in [-0.39, 0.29) is 0 Å². The molecule has 3 nitrogen and oxygen atoms in total. The minimum absolute atomic E-state index is 0.552.